The summed E-state index contributed by atoms with van der Waals surface area (Å²) in [5, 5.41) is 14.0. The van der Waals surface area contributed by atoms with Crippen molar-refractivity contribution in [3.05, 3.63) is 39.9 Å². The van der Waals surface area contributed by atoms with Crippen LogP contribution in [0.1, 0.15) is 31.2 Å². The Balaban J connectivity index is 1.78. The number of nitrogens with zero attached hydrogens (tertiary/aromatic N) is 2. The molecule has 1 N–H and O–H groups in total. The van der Waals surface area contributed by atoms with Gasteiger partial charge >= 0.3 is 0 Å². The number of benzene rings is 1. The Morgan fingerprint density at radius 1 is 1.24 bits per heavy atom. The third-order valence-corrected chi connectivity index (χ3v) is 4.63. The van der Waals surface area contributed by atoms with E-state index in [0.29, 0.717) is 12.1 Å². The summed E-state index contributed by atoms with van der Waals surface area (Å²) >= 11 is 0. The lowest BCUT2D eigenvalue weighted by Gasteiger charge is -2.34. The van der Waals surface area contributed by atoms with Crippen LogP contribution >= 0.6 is 0 Å². The van der Waals surface area contributed by atoms with Crippen molar-refractivity contribution in [3.63, 3.8) is 0 Å². The lowest BCUT2D eigenvalue weighted by molar-refractivity contribution is -0.384. The predicted octanol–water partition coefficient (Wildman–Crippen LogP) is 2.60. The fourth-order valence-corrected chi connectivity index (χ4v) is 3.08. The highest BCUT2D eigenvalue weighted by atomic mass is 16.6. The first-order valence-corrected chi connectivity index (χ1v) is 7.71. The van der Waals surface area contributed by atoms with Gasteiger partial charge in [0.2, 0.25) is 0 Å². The molecule has 0 spiro atoms. The first-order chi connectivity index (χ1) is 10.1. The summed E-state index contributed by atoms with van der Waals surface area (Å²) in [4.78, 5) is 12.7. The van der Waals surface area contributed by atoms with Crippen LogP contribution in [0.2, 0.25) is 0 Å². The van der Waals surface area contributed by atoms with E-state index < -0.39 is 0 Å². The van der Waals surface area contributed by atoms with Crippen LogP contribution in [0.25, 0.3) is 0 Å². The number of non-ortho nitro benzene ring substituents is 1. The first kappa shape index (κ1) is 15.9. The maximum absolute atomic E-state index is 10.6. The minimum Gasteiger partial charge on any atom is -0.317 e. The van der Waals surface area contributed by atoms with Gasteiger partial charge in [0.15, 0.2) is 0 Å². The SMILES string of the molecule is CNC1CCC(N(C)CCc2ccc([N+](=O)[O-])cc2)CC1. The molecular weight excluding hydrogens is 266 g/mol. The van der Waals surface area contributed by atoms with Gasteiger partial charge in [0, 0.05) is 30.8 Å². The third kappa shape index (κ3) is 4.51. The molecule has 0 unspecified atom stereocenters. The Kier molecular flexibility index (Phi) is 5.70. The predicted molar refractivity (Wildman–Crippen MR) is 84.5 cm³/mol. The van der Waals surface area contributed by atoms with E-state index >= 15 is 0 Å². The second-order valence-corrected chi connectivity index (χ2v) is 5.95. The molecule has 0 atom stereocenters. The van der Waals surface area contributed by atoms with E-state index in [4.69, 9.17) is 0 Å². The number of hydrogen-bond donors (Lipinski definition) is 1. The number of nitrogens with one attached hydrogen (secondary N) is 1. The van der Waals surface area contributed by atoms with Gasteiger partial charge in [-0.2, -0.15) is 0 Å². The van der Waals surface area contributed by atoms with E-state index in [2.05, 4.69) is 17.3 Å². The molecule has 0 aliphatic heterocycles. The normalized spacial score (nSPS) is 22.4. The largest absolute Gasteiger partial charge is 0.317 e. The van der Waals surface area contributed by atoms with E-state index in [1.165, 1.54) is 25.7 Å². The maximum atomic E-state index is 10.6. The van der Waals surface area contributed by atoms with Gasteiger partial charge < -0.3 is 10.2 Å². The smallest absolute Gasteiger partial charge is 0.269 e. The van der Waals surface area contributed by atoms with Crippen LogP contribution in [0.3, 0.4) is 0 Å². The van der Waals surface area contributed by atoms with Gasteiger partial charge in [-0.3, -0.25) is 10.1 Å². The van der Waals surface area contributed by atoms with Crippen LogP contribution in [-0.4, -0.2) is 42.5 Å². The van der Waals surface area contributed by atoms with Crippen molar-refractivity contribution < 1.29 is 4.92 Å². The van der Waals surface area contributed by atoms with Gasteiger partial charge in [-0.15, -0.1) is 0 Å². The Labute approximate surface area is 126 Å². The quantitative estimate of drug-likeness (QED) is 0.646. The summed E-state index contributed by atoms with van der Waals surface area (Å²) in [6.45, 7) is 1.01. The highest BCUT2D eigenvalue weighted by Gasteiger charge is 2.22. The van der Waals surface area contributed by atoms with Crippen LogP contribution in [0, 0.1) is 10.1 Å². The number of rotatable bonds is 6. The zero-order valence-electron chi connectivity index (χ0n) is 12.9. The van der Waals surface area contributed by atoms with E-state index in [1.54, 1.807) is 12.1 Å². The average molecular weight is 291 g/mol. The Morgan fingerprint density at radius 2 is 1.86 bits per heavy atom. The molecule has 2 rings (SSSR count). The minimum atomic E-state index is -0.351. The summed E-state index contributed by atoms with van der Waals surface area (Å²) in [7, 11) is 4.24. The minimum absolute atomic E-state index is 0.164. The van der Waals surface area contributed by atoms with Crippen LogP contribution in [0.15, 0.2) is 24.3 Å². The van der Waals surface area contributed by atoms with Crippen molar-refractivity contribution in [2.45, 2.75) is 44.2 Å². The van der Waals surface area contributed by atoms with Gasteiger partial charge in [0.05, 0.1) is 4.92 Å². The summed E-state index contributed by atoms with van der Waals surface area (Å²) in [5.74, 6) is 0. The summed E-state index contributed by atoms with van der Waals surface area (Å²) in [6.07, 6.45) is 5.96. The fourth-order valence-electron chi connectivity index (χ4n) is 3.08. The molecule has 1 aromatic carbocycles. The van der Waals surface area contributed by atoms with Gasteiger partial charge in [0.1, 0.15) is 0 Å². The molecule has 5 heteroatoms. The standard InChI is InChI=1S/C16H25N3O2/c1-17-14-5-9-15(10-6-14)18(2)12-11-13-3-7-16(8-4-13)19(20)21/h3-4,7-8,14-15,17H,5-6,9-12H2,1-2H3. The molecule has 0 heterocycles. The molecular formula is C16H25N3O2. The van der Waals surface area contributed by atoms with E-state index in [9.17, 15) is 10.1 Å². The number of hydrogen-bond acceptors (Lipinski definition) is 4. The molecule has 0 aromatic heterocycles. The van der Waals surface area contributed by atoms with E-state index in [1.807, 2.05) is 19.2 Å². The van der Waals surface area contributed by atoms with Crippen LogP contribution < -0.4 is 5.32 Å². The second kappa shape index (κ2) is 7.52. The van der Waals surface area contributed by atoms with Gasteiger partial charge in [-0.05, 0) is 51.8 Å². The molecule has 1 fully saturated rings. The lowest BCUT2D eigenvalue weighted by Crippen LogP contribution is -2.40. The first-order valence-electron chi connectivity index (χ1n) is 7.71. The topological polar surface area (TPSA) is 58.4 Å². The molecule has 0 bridgehead atoms. The van der Waals surface area contributed by atoms with Gasteiger partial charge in [0.25, 0.3) is 5.69 Å². The Morgan fingerprint density at radius 3 is 2.38 bits per heavy atom. The number of likely N-dealkylation sites (N-methyl/N-ethyl adjacent to an activating group) is 1. The number of nitro groups is 1. The molecule has 1 saturated carbocycles. The fraction of sp³-hybridized carbons (Fsp3) is 0.625. The average Bonchev–Trinajstić information content (AvgIpc) is 2.53. The van der Waals surface area contributed by atoms with E-state index in [-0.39, 0.29) is 10.6 Å². The molecule has 0 saturated heterocycles. The molecule has 21 heavy (non-hydrogen) atoms. The van der Waals surface area contributed by atoms with Crippen LogP contribution in [0.5, 0.6) is 0 Å². The molecule has 0 radical (unpaired) electrons. The lowest BCUT2D eigenvalue weighted by atomic mass is 9.90. The van der Waals surface area contributed by atoms with Crippen LogP contribution in [-0.2, 0) is 6.42 Å². The molecule has 0 amide bonds. The molecule has 116 valence electrons. The summed E-state index contributed by atoms with van der Waals surface area (Å²) in [6, 6.07) is 8.27. The highest BCUT2D eigenvalue weighted by molar-refractivity contribution is 5.32. The second-order valence-electron chi connectivity index (χ2n) is 5.95. The van der Waals surface area contributed by atoms with E-state index in [0.717, 1.165) is 18.5 Å². The molecule has 1 aromatic rings. The van der Waals surface area contributed by atoms with Crippen molar-refractivity contribution in [1.29, 1.82) is 0 Å². The molecule has 1 aliphatic rings. The highest BCUT2D eigenvalue weighted by Crippen LogP contribution is 2.22. The maximum Gasteiger partial charge on any atom is 0.269 e. The summed E-state index contributed by atoms with van der Waals surface area (Å²) < 4.78 is 0. The van der Waals surface area contributed by atoms with Crippen molar-refractivity contribution >= 4 is 5.69 Å². The summed E-state index contributed by atoms with van der Waals surface area (Å²) in [5.41, 5.74) is 1.33. The Hall–Kier alpha value is -1.46. The zero-order valence-corrected chi connectivity index (χ0v) is 12.9. The van der Waals surface area contributed by atoms with Gasteiger partial charge in [-0.25, -0.2) is 0 Å². The Bertz CT molecular complexity index is 453. The molecule has 5 nitrogen and oxygen atoms in total. The monoisotopic (exact) mass is 291 g/mol. The third-order valence-electron chi connectivity index (χ3n) is 4.63. The van der Waals surface area contributed by atoms with Crippen LogP contribution in [0.4, 0.5) is 5.69 Å². The molecule has 1 aliphatic carbocycles. The van der Waals surface area contributed by atoms with Gasteiger partial charge in [-0.1, -0.05) is 12.1 Å². The van der Waals surface area contributed by atoms with Crippen molar-refractivity contribution in [3.8, 4) is 0 Å². The van der Waals surface area contributed by atoms with Crippen molar-refractivity contribution in [1.82, 2.24) is 10.2 Å². The van der Waals surface area contributed by atoms with Crippen molar-refractivity contribution in [2.75, 3.05) is 20.6 Å². The zero-order chi connectivity index (χ0) is 15.2. The number of nitro benzene ring substituents is 1. The van der Waals surface area contributed by atoms with Crippen molar-refractivity contribution in [2.24, 2.45) is 0 Å².